The van der Waals surface area contributed by atoms with E-state index in [0.29, 0.717) is 12.0 Å². The molecule has 11 heteroatoms. The summed E-state index contributed by atoms with van der Waals surface area (Å²) in [5.74, 6) is -2.39. The number of unbranched alkanes of at least 4 members (excludes halogenated alkanes) is 5. The molecule has 4 amide bonds. The molecule has 0 bridgehead atoms. The van der Waals surface area contributed by atoms with Crippen LogP contribution in [0.15, 0.2) is 24.3 Å². The lowest BCUT2D eigenvalue weighted by Gasteiger charge is -2.34. The second-order valence-corrected chi connectivity index (χ2v) is 11.3. The number of ether oxygens (including phenoxy) is 2. The van der Waals surface area contributed by atoms with Crippen LogP contribution < -0.4 is 16.4 Å². The number of amides is 4. The number of nitrogens with zero attached hydrogens (tertiary/aromatic N) is 1. The van der Waals surface area contributed by atoms with Crippen LogP contribution in [0, 0.1) is 6.92 Å². The van der Waals surface area contributed by atoms with E-state index < -0.39 is 53.9 Å². The Labute approximate surface area is 250 Å². The molecule has 2 unspecified atom stereocenters. The van der Waals surface area contributed by atoms with E-state index in [2.05, 4.69) is 17.6 Å². The first-order valence-electron chi connectivity index (χ1n) is 14.9. The highest BCUT2D eigenvalue weighted by Crippen LogP contribution is 2.25. The number of benzene rings is 1. The summed E-state index contributed by atoms with van der Waals surface area (Å²) in [7, 11) is 0. The summed E-state index contributed by atoms with van der Waals surface area (Å²) in [6.07, 6.45) is 4.27. The summed E-state index contributed by atoms with van der Waals surface area (Å²) in [4.78, 5) is 65.7. The fourth-order valence-corrected chi connectivity index (χ4v) is 4.41. The van der Waals surface area contributed by atoms with Gasteiger partial charge in [0, 0.05) is 13.1 Å². The van der Waals surface area contributed by atoms with Gasteiger partial charge >= 0.3 is 12.1 Å². The Balaban J connectivity index is 3.43. The first-order chi connectivity index (χ1) is 19.8. The third-order valence-corrected chi connectivity index (χ3v) is 6.28. The number of nitrogens with two attached hydrogens (primary N) is 1. The molecule has 0 aliphatic carbocycles. The number of hydrogen-bond acceptors (Lipinski definition) is 7. The summed E-state index contributed by atoms with van der Waals surface area (Å²) in [6, 6.07) is 4.77. The maximum absolute atomic E-state index is 14.1. The maximum atomic E-state index is 14.1. The van der Waals surface area contributed by atoms with Crippen LogP contribution in [-0.4, -0.2) is 66.0 Å². The first kappa shape index (κ1) is 36.4. The molecule has 0 radical (unpaired) electrons. The van der Waals surface area contributed by atoms with Gasteiger partial charge in [0.1, 0.15) is 17.7 Å². The maximum Gasteiger partial charge on any atom is 0.408 e. The van der Waals surface area contributed by atoms with E-state index in [0.717, 1.165) is 37.7 Å². The van der Waals surface area contributed by atoms with Crippen LogP contribution in [0.1, 0.15) is 103 Å². The normalized spacial score (nSPS) is 12.5. The third-order valence-electron chi connectivity index (χ3n) is 6.28. The molecule has 0 aromatic heterocycles. The number of rotatable bonds is 18. The predicted molar refractivity (Wildman–Crippen MR) is 160 cm³/mol. The number of carbonyl (C=O) groups excluding carboxylic acids is 5. The smallest absolute Gasteiger partial charge is 0.408 e. The molecule has 1 aromatic carbocycles. The molecule has 1 aromatic rings. The zero-order valence-corrected chi connectivity index (χ0v) is 26.1. The zero-order valence-electron chi connectivity index (χ0n) is 26.1. The zero-order chi connectivity index (χ0) is 31.7. The largest absolute Gasteiger partial charge is 0.466 e. The van der Waals surface area contributed by atoms with Crippen molar-refractivity contribution in [3.05, 3.63) is 35.4 Å². The lowest BCUT2D eigenvalue weighted by Crippen LogP contribution is -2.54. The average Bonchev–Trinajstić information content (AvgIpc) is 2.88. The predicted octanol–water partition coefficient (Wildman–Crippen LogP) is 4.06. The molecule has 0 saturated carbocycles. The van der Waals surface area contributed by atoms with Crippen LogP contribution in [0.2, 0.25) is 0 Å². The molecule has 2 atom stereocenters. The van der Waals surface area contributed by atoms with Crippen molar-refractivity contribution in [2.24, 2.45) is 5.73 Å². The van der Waals surface area contributed by atoms with Gasteiger partial charge in [-0.05, 0) is 46.6 Å². The van der Waals surface area contributed by atoms with Crippen molar-refractivity contribution in [3.8, 4) is 0 Å². The third kappa shape index (κ3) is 14.3. The van der Waals surface area contributed by atoms with E-state index >= 15 is 0 Å². The van der Waals surface area contributed by atoms with Crippen molar-refractivity contribution in [1.82, 2.24) is 15.5 Å². The van der Waals surface area contributed by atoms with Gasteiger partial charge in [-0.15, -0.1) is 0 Å². The number of primary amides is 1. The van der Waals surface area contributed by atoms with Crippen LogP contribution in [-0.2, 0) is 28.7 Å². The van der Waals surface area contributed by atoms with Crippen LogP contribution >= 0.6 is 0 Å². The highest BCUT2D eigenvalue weighted by molar-refractivity contribution is 5.94. The van der Waals surface area contributed by atoms with Gasteiger partial charge in [-0.2, -0.15) is 0 Å². The highest BCUT2D eigenvalue weighted by Gasteiger charge is 2.36. The number of nitrogens with one attached hydrogen (secondary N) is 2. The van der Waals surface area contributed by atoms with Gasteiger partial charge in [-0.1, -0.05) is 68.9 Å². The van der Waals surface area contributed by atoms with Crippen molar-refractivity contribution >= 4 is 29.8 Å². The Kier molecular flexibility index (Phi) is 16.2. The number of alkyl carbamates (subject to hydrolysis) is 1. The topological polar surface area (TPSA) is 157 Å². The van der Waals surface area contributed by atoms with Crippen molar-refractivity contribution in [2.75, 3.05) is 19.7 Å². The minimum atomic E-state index is -1.35. The molecular weight excluding hydrogens is 540 g/mol. The van der Waals surface area contributed by atoms with Gasteiger partial charge in [-0.25, -0.2) is 4.79 Å². The highest BCUT2D eigenvalue weighted by atomic mass is 16.6. The minimum Gasteiger partial charge on any atom is -0.466 e. The van der Waals surface area contributed by atoms with Gasteiger partial charge in [0.15, 0.2) is 0 Å². The van der Waals surface area contributed by atoms with Crippen molar-refractivity contribution in [3.63, 3.8) is 0 Å². The molecule has 0 aliphatic heterocycles. The molecule has 0 aliphatic rings. The Morgan fingerprint density at radius 2 is 1.67 bits per heavy atom. The Bertz CT molecular complexity index is 1040. The Hall–Kier alpha value is -3.63. The number of carbonyl (C=O) groups is 5. The van der Waals surface area contributed by atoms with E-state index in [9.17, 15) is 24.0 Å². The molecule has 0 spiro atoms. The monoisotopic (exact) mass is 590 g/mol. The van der Waals surface area contributed by atoms with Gasteiger partial charge in [-0.3, -0.25) is 19.2 Å². The van der Waals surface area contributed by atoms with Crippen LogP contribution in [0.3, 0.4) is 0 Å². The standard InChI is InChI=1S/C31H50N4O7/c1-7-9-10-11-12-13-19-35(29(39)24(21-25(32)36)34-30(40)42-31(4,5)6)27(23-16-14-15-22(3)20-23)28(38)33-18-17-26(37)41-8-2/h14-16,20,24,27H,7-13,17-19,21H2,1-6H3,(H2,32,36)(H,33,38)(H,34,40). The van der Waals surface area contributed by atoms with Crippen molar-refractivity contribution in [1.29, 1.82) is 0 Å². The molecule has 0 saturated heterocycles. The van der Waals surface area contributed by atoms with Crippen molar-refractivity contribution in [2.45, 2.75) is 111 Å². The molecule has 236 valence electrons. The SMILES string of the molecule is CCCCCCCCN(C(=O)C(CC(N)=O)NC(=O)OC(C)(C)C)C(C(=O)NCCC(=O)OCC)c1cccc(C)c1. The second-order valence-electron chi connectivity index (χ2n) is 11.3. The molecule has 0 heterocycles. The summed E-state index contributed by atoms with van der Waals surface area (Å²) < 4.78 is 10.3. The van der Waals surface area contributed by atoms with Crippen LogP contribution in [0.25, 0.3) is 0 Å². The molecule has 4 N–H and O–H groups in total. The average molecular weight is 591 g/mol. The van der Waals surface area contributed by atoms with E-state index in [-0.39, 0.29) is 26.1 Å². The quantitative estimate of drug-likeness (QED) is 0.172. The Morgan fingerprint density at radius 3 is 2.26 bits per heavy atom. The summed E-state index contributed by atoms with van der Waals surface area (Å²) >= 11 is 0. The van der Waals surface area contributed by atoms with E-state index in [1.54, 1.807) is 39.8 Å². The fourth-order valence-electron chi connectivity index (χ4n) is 4.41. The molecule has 42 heavy (non-hydrogen) atoms. The fraction of sp³-hybridized carbons (Fsp3) is 0.645. The van der Waals surface area contributed by atoms with Crippen molar-refractivity contribution < 1.29 is 33.4 Å². The van der Waals surface area contributed by atoms with E-state index in [4.69, 9.17) is 15.2 Å². The summed E-state index contributed by atoms with van der Waals surface area (Å²) in [5.41, 5.74) is 6.05. The summed E-state index contributed by atoms with van der Waals surface area (Å²) in [5, 5.41) is 5.24. The molecule has 11 nitrogen and oxygen atoms in total. The number of hydrogen-bond donors (Lipinski definition) is 3. The summed E-state index contributed by atoms with van der Waals surface area (Å²) in [6.45, 7) is 11.2. The van der Waals surface area contributed by atoms with Gasteiger partial charge in [0.25, 0.3) is 0 Å². The van der Waals surface area contributed by atoms with Gasteiger partial charge in [0.05, 0.1) is 19.4 Å². The first-order valence-corrected chi connectivity index (χ1v) is 14.9. The molecular formula is C31H50N4O7. The minimum absolute atomic E-state index is 0.0138. The van der Waals surface area contributed by atoms with E-state index in [1.807, 2.05) is 19.1 Å². The molecule has 1 rings (SSSR count). The second kappa shape index (κ2) is 18.7. The Morgan fingerprint density at radius 1 is 1.00 bits per heavy atom. The van der Waals surface area contributed by atoms with Gasteiger partial charge in [0.2, 0.25) is 17.7 Å². The van der Waals surface area contributed by atoms with Crippen LogP contribution in [0.5, 0.6) is 0 Å². The molecule has 0 fully saturated rings. The number of esters is 1. The number of aryl methyl sites for hydroxylation is 1. The lowest BCUT2D eigenvalue weighted by molar-refractivity contribution is -0.144. The van der Waals surface area contributed by atoms with Gasteiger partial charge < -0.3 is 30.7 Å². The van der Waals surface area contributed by atoms with E-state index in [1.165, 1.54) is 4.90 Å². The lowest BCUT2D eigenvalue weighted by atomic mass is 9.99. The van der Waals surface area contributed by atoms with Crippen LogP contribution in [0.4, 0.5) is 4.79 Å².